The predicted octanol–water partition coefficient (Wildman–Crippen LogP) is 2.18. The first-order valence-corrected chi connectivity index (χ1v) is 10.7. The minimum atomic E-state index is 0.0972. The minimum absolute atomic E-state index is 0.0972. The Hall–Kier alpha value is -2.44. The van der Waals surface area contributed by atoms with E-state index in [0.29, 0.717) is 0 Å². The van der Waals surface area contributed by atoms with Gasteiger partial charge in [-0.05, 0) is 37.6 Å². The Kier molecular flexibility index (Phi) is 6.75. The summed E-state index contributed by atoms with van der Waals surface area (Å²) in [5, 5.41) is 4.39. The molecular formula is C23H31N5O. The maximum absolute atomic E-state index is 12.5. The fraction of sp³-hybridized carbons (Fsp3) is 0.478. The Balaban J connectivity index is 1.21. The summed E-state index contributed by atoms with van der Waals surface area (Å²) in [6.07, 6.45) is 10.0. The molecule has 29 heavy (non-hydrogen) atoms. The Morgan fingerprint density at radius 2 is 1.62 bits per heavy atom. The summed E-state index contributed by atoms with van der Waals surface area (Å²) in [7, 11) is 0. The van der Waals surface area contributed by atoms with E-state index in [-0.39, 0.29) is 5.91 Å². The molecule has 0 radical (unpaired) electrons. The normalized spacial score (nSPS) is 18.7. The van der Waals surface area contributed by atoms with Crippen LogP contribution in [0.2, 0.25) is 0 Å². The Labute approximate surface area is 173 Å². The second-order valence-electron chi connectivity index (χ2n) is 8.01. The maximum Gasteiger partial charge on any atom is 0.246 e. The van der Waals surface area contributed by atoms with Gasteiger partial charge in [0.2, 0.25) is 5.91 Å². The molecular weight excluding hydrogens is 362 g/mol. The van der Waals surface area contributed by atoms with Gasteiger partial charge in [-0.25, -0.2) is 0 Å². The van der Waals surface area contributed by atoms with Crippen molar-refractivity contribution in [2.75, 3.05) is 52.4 Å². The van der Waals surface area contributed by atoms with Gasteiger partial charge in [0, 0.05) is 57.1 Å². The van der Waals surface area contributed by atoms with E-state index in [2.05, 4.69) is 27.0 Å². The third-order valence-electron chi connectivity index (χ3n) is 5.87. The number of benzene rings is 1. The fourth-order valence-corrected chi connectivity index (χ4v) is 4.08. The van der Waals surface area contributed by atoms with Gasteiger partial charge in [0.15, 0.2) is 0 Å². The second kappa shape index (κ2) is 9.85. The van der Waals surface area contributed by atoms with Gasteiger partial charge in [-0.1, -0.05) is 30.3 Å². The third-order valence-corrected chi connectivity index (χ3v) is 5.87. The van der Waals surface area contributed by atoms with E-state index in [1.54, 1.807) is 6.08 Å². The lowest BCUT2D eigenvalue weighted by atomic mass is 10.2. The van der Waals surface area contributed by atoms with Crippen molar-refractivity contribution >= 4 is 12.0 Å². The molecule has 0 N–H and O–H groups in total. The highest BCUT2D eigenvalue weighted by Crippen LogP contribution is 2.09. The average Bonchev–Trinajstić information content (AvgIpc) is 3.44. The van der Waals surface area contributed by atoms with Crippen LogP contribution in [0, 0.1) is 0 Å². The molecule has 4 rings (SSSR count). The molecule has 2 aliphatic rings. The highest BCUT2D eigenvalue weighted by Gasteiger charge is 2.20. The van der Waals surface area contributed by atoms with E-state index < -0.39 is 0 Å². The van der Waals surface area contributed by atoms with Crippen molar-refractivity contribution in [2.45, 2.75) is 19.4 Å². The van der Waals surface area contributed by atoms with Crippen LogP contribution in [0.1, 0.15) is 24.0 Å². The molecule has 0 spiro atoms. The summed E-state index contributed by atoms with van der Waals surface area (Å²) in [5.74, 6) is 0.0972. The van der Waals surface area contributed by atoms with Crippen molar-refractivity contribution in [3.63, 3.8) is 0 Å². The van der Waals surface area contributed by atoms with Crippen molar-refractivity contribution in [3.05, 3.63) is 59.9 Å². The van der Waals surface area contributed by atoms with Crippen LogP contribution < -0.4 is 0 Å². The number of nitrogens with zero attached hydrogens (tertiary/aromatic N) is 5. The molecule has 2 fully saturated rings. The van der Waals surface area contributed by atoms with Crippen molar-refractivity contribution in [3.8, 4) is 0 Å². The summed E-state index contributed by atoms with van der Waals surface area (Å²) < 4.78 is 1.90. The SMILES string of the molecule is O=C(/C=C/c1cnn(Cc2ccccc2)c1)N1CCN(CCN2CCCC2)CC1. The van der Waals surface area contributed by atoms with Crippen LogP contribution in [0.25, 0.3) is 6.08 Å². The second-order valence-corrected chi connectivity index (χ2v) is 8.01. The maximum atomic E-state index is 12.5. The average molecular weight is 394 g/mol. The van der Waals surface area contributed by atoms with Crippen LogP contribution in [0.4, 0.5) is 0 Å². The molecule has 0 aliphatic carbocycles. The number of carbonyl (C=O) groups is 1. The van der Waals surface area contributed by atoms with Gasteiger partial charge >= 0.3 is 0 Å². The number of amides is 1. The molecule has 0 bridgehead atoms. The van der Waals surface area contributed by atoms with Crippen molar-refractivity contribution in [1.82, 2.24) is 24.5 Å². The Morgan fingerprint density at radius 1 is 0.931 bits per heavy atom. The van der Waals surface area contributed by atoms with Crippen LogP contribution >= 0.6 is 0 Å². The summed E-state index contributed by atoms with van der Waals surface area (Å²) >= 11 is 0. The zero-order chi connectivity index (χ0) is 19.9. The van der Waals surface area contributed by atoms with Crippen molar-refractivity contribution in [1.29, 1.82) is 0 Å². The standard InChI is InChI=1S/C23H31N5O/c29-23(27-16-14-26(15-17-27)13-12-25-10-4-5-11-25)9-8-22-18-24-28(20-22)19-21-6-2-1-3-7-21/h1-3,6-9,18,20H,4-5,10-17,19H2/b9-8+. The van der Waals surface area contributed by atoms with Gasteiger partial charge in [0.05, 0.1) is 12.7 Å². The van der Waals surface area contributed by atoms with Crippen molar-refractivity contribution < 1.29 is 4.79 Å². The molecule has 3 heterocycles. The number of hydrogen-bond acceptors (Lipinski definition) is 4. The third kappa shape index (κ3) is 5.78. The molecule has 0 atom stereocenters. The zero-order valence-electron chi connectivity index (χ0n) is 17.1. The molecule has 2 aliphatic heterocycles. The molecule has 2 aromatic rings. The van der Waals surface area contributed by atoms with E-state index in [0.717, 1.165) is 44.8 Å². The van der Waals surface area contributed by atoms with Gasteiger partial charge in [0.25, 0.3) is 0 Å². The van der Waals surface area contributed by atoms with Gasteiger partial charge in [-0.15, -0.1) is 0 Å². The van der Waals surface area contributed by atoms with E-state index >= 15 is 0 Å². The Morgan fingerprint density at radius 3 is 2.34 bits per heavy atom. The lowest BCUT2D eigenvalue weighted by Gasteiger charge is -2.35. The first kappa shape index (κ1) is 19.9. The van der Waals surface area contributed by atoms with Crippen LogP contribution in [-0.4, -0.2) is 82.7 Å². The number of carbonyl (C=O) groups excluding carboxylic acids is 1. The number of rotatable bonds is 7. The monoisotopic (exact) mass is 393 g/mol. The van der Waals surface area contributed by atoms with Crippen LogP contribution in [0.3, 0.4) is 0 Å². The van der Waals surface area contributed by atoms with Crippen LogP contribution in [0.5, 0.6) is 0 Å². The number of hydrogen-bond donors (Lipinski definition) is 0. The molecule has 1 aromatic heterocycles. The molecule has 6 heteroatoms. The molecule has 6 nitrogen and oxygen atoms in total. The van der Waals surface area contributed by atoms with Gasteiger partial charge < -0.3 is 9.80 Å². The smallest absolute Gasteiger partial charge is 0.246 e. The molecule has 154 valence electrons. The lowest BCUT2D eigenvalue weighted by molar-refractivity contribution is -0.127. The quantitative estimate of drug-likeness (QED) is 0.677. The highest BCUT2D eigenvalue weighted by molar-refractivity contribution is 5.91. The number of aromatic nitrogens is 2. The van der Waals surface area contributed by atoms with Gasteiger partial charge in [-0.3, -0.25) is 14.4 Å². The summed E-state index contributed by atoms with van der Waals surface area (Å²) in [5.41, 5.74) is 2.17. The number of likely N-dealkylation sites (tertiary alicyclic amines) is 1. The highest BCUT2D eigenvalue weighted by atomic mass is 16.2. The van der Waals surface area contributed by atoms with Crippen molar-refractivity contribution in [2.24, 2.45) is 0 Å². The minimum Gasteiger partial charge on any atom is -0.337 e. The summed E-state index contributed by atoms with van der Waals surface area (Å²) in [6, 6.07) is 10.3. The predicted molar refractivity (Wildman–Crippen MR) is 115 cm³/mol. The molecule has 1 aromatic carbocycles. The molecule has 0 unspecified atom stereocenters. The molecule has 1 amide bonds. The number of piperazine rings is 1. The lowest BCUT2D eigenvalue weighted by Crippen LogP contribution is -2.49. The summed E-state index contributed by atoms with van der Waals surface area (Å²) in [6.45, 7) is 9.12. The van der Waals surface area contributed by atoms with E-state index in [9.17, 15) is 4.79 Å². The van der Waals surface area contributed by atoms with Crippen LogP contribution in [0.15, 0.2) is 48.8 Å². The Bertz CT molecular complexity index is 802. The van der Waals surface area contributed by atoms with Gasteiger partial charge in [0.1, 0.15) is 0 Å². The molecule has 0 saturated carbocycles. The summed E-state index contributed by atoms with van der Waals surface area (Å²) in [4.78, 5) is 19.5. The first-order chi connectivity index (χ1) is 14.3. The van der Waals surface area contributed by atoms with Crippen LogP contribution in [-0.2, 0) is 11.3 Å². The topological polar surface area (TPSA) is 44.6 Å². The van der Waals surface area contributed by atoms with Gasteiger partial charge in [-0.2, -0.15) is 5.10 Å². The van der Waals surface area contributed by atoms with E-state index in [1.807, 2.05) is 46.3 Å². The zero-order valence-corrected chi connectivity index (χ0v) is 17.1. The fourth-order valence-electron chi connectivity index (χ4n) is 4.08. The molecule has 2 saturated heterocycles. The largest absolute Gasteiger partial charge is 0.337 e. The van der Waals surface area contributed by atoms with E-state index in [1.165, 1.54) is 38.0 Å². The first-order valence-electron chi connectivity index (χ1n) is 10.7. The van der Waals surface area contributed by atoms with E-state index in [4.69, 9.17) is 0 Å².